The minimum absolute atomic E-state index is 0.0923. The van der Waals surface area contributed by atoms with Crippen molar-refractivity contribution in [3.05, 3.63) is 0 Å². The van der Waals surface area contributed by atoms with E-state index in [1.165, 1.54) is 11.3 Å². The number of carbonyl (C=O) groups is 1. The van der Waals surface area contributed by atoms with Gasteiger partial charge in [-0.1, -0.05) is 13.8 Å². The summed E-state index contributed by atoms with van der Waals surface area (Å²) in [6, 6.07) is 0. The third-order valence-corrected chi connectivity index (χ3v) is 1.24. The van der Waals surface area contributed by atoms with Crippen LogP contribution in [0.2, 0.25) is 0 Å². The second kappa shape index (κ2) is 3.72. The molecular weight excluding hydrogens is 138 g/mol. The lowest BCUT2D eigenvalue weighted by Crippen LogP contribution is -2.22. The standard InChI is InChI=1S/C6H12ClNO/c1-5(2)4-8(7)6(3)9/h5H,4H2,1-3H3. The SMILES string of the molecule is CC(=O)N(Cl)CC(C)C. The van der Waals surface area contributed by atoms with Gasteiger partial charge in [0.25, 0.3) is 0 Å². The fourth-order valence-electron chi connectivity index (χ4n) is 0.449. The predicted octanol–water partition coefficient (Wildman–Crippen LogP) is 1.64. The van der Waals surface area contributed by atoms with Crippen molar-refractivity contribution in [3.63, 3.8) is 0 Å². The van der Waals surface area contributed by atoms with Crippen LogP contribution in [0.3, 0.4) is 0 Å². The van der Waals surface area contributed by atoms with Crippen LogP contribution in [0.1, 0.15) is 20.8 Å². The highest BCUT2D eigenvalue weighted by molar-refractivity contribution is 6.20. The van der Waals surface area contributed by atoms with E-state index in [0.717, 1.165) is 0 Å². The lowest BCUT2D eigenvalue weighted by atomic mass is 10.2. The van der Waals surface area contributed by atoms with Crippen molar-refractivity contribution in [2.75, 3.05) is 6.54 Å². The molecule has 0 rings (SSSR count). The molecule has 0 heterocycles. The maximum Gasteiger partial charge on any atom is 0.233 e. The summed E-state index contributed by atoms with van der Waals surface area (Å²) in [5.41, 5.74) is 0. The summed E-state index contributed by atoms with van der Waals surface area (Å²) < 4.78 is 1.20. The first kappa shape index (κ1) is 8.76. The molecule has 54 valence electrons. The Morgan fingerprint density at radius 1 is 1.67 bits per heavy atom. The van der Waals surface area contributed by atoms with Crippen LogP contribution in [0.25, 0.3) is 0 Å². The van der Waals surface area contributed by atoms with Crippen LogP contribution in [-0.2, 0) is 4.79 Å². The summed E-state index contributed by atoms with van der Waals surface area (Å²) in [6.07, 6.45) is 0. The van der Waals surface area contributed by atoms with Crippen LogP contribution in [0, 0.1) is 5.92 Å². The van der Waals surface area contributed by atoms with Crippen LogP contribution in [0.15, 0.2) is 0 Å². The second-order valence-corrected chi connectivity index (χ2v) is 2.87. The third kappa shape index (κ3) is 4.28. The molecule has 0 fully saturated rings. The third-order valence-electron chi connectivity index (χ3n) is 0.867. The first-order valence-electron chi connectivity index (χ1n) is 2.98. The molecule has 0 aromatic heterocycles. The fraction of sp³-hybridized carbons (Fsp3) is 0.833. The normalized spacial score (nSPS) is 9.89. The summed E-state index contributed by atoms with van der Waals surface area (Å²) in [5.74, 6) is 0.344. The number of amides is 1. The highest BCUT2D eigenvalue weighted by Gasteiger charge is 2.05. The molecule has 0 aliphatic carbocycles. The van der Waals surface area contributed by atoms with Crippen molar-refractivity contribution in [1.29, 1.82) is 0 Å². The highest BCUT2D eigenvalue weighted by atomic mass is 35.5. The number of carbonyl (C=O) groups excluding carboxylic acids is 1. The van der Waals surface area contributed by atoms with Crippen LogP contribution in [-0.4, -0.2) is 16.9 Å². The molecule has 0 aliphatic heterocycles. The Morgan fingerprint density at radius 3 is 2.22 bits per heavy atom. The topological polar surface area (TPSA) is 20.3 Å². The Morgan fingerprint density at radius 2 is 2.11 bits per heavy atom. The zero-order valence-corrected chi connectivity index (χ0v) is 6.77. The Labute approximate surface area is 60.9 Å². The Balaban J connectivity index is 3.50. The molecule has 0 aliphatic rings. The van der Waals surface area contributed by atoms with E-state index in [0.29, 0.717) is 12.5 Å². The van der Waals surface area contributed by atoms with E-state index in [1.54, 1.807) is 0 Å². The maximum atomic E-state index is 10.5. The average Bonchev–Trinajstić information content (AvgIpc) is 1.63. The number of hydrogen-bond acceptors (Lipinski definition) is 1. The van der Waals surface area contributed by atoms with Crippen LogP contribution < -0.4 is 0 Å². The number of rotatable bonds is 2. The first-order chi connectivity index (χ1) is 4.04. The van der Waals surface area contributed by atoms with E-state index in [-0.39, 0.29) is 5.91 Å². The maximum absolute atomic E-state index is 10.5. The van der Waals surface area contributed by atoms with Crippen LogP contribution in [0.4, 0.5) is 0 Å². The van der Waals surface area contributed by atoms with Gasteiger partial charge in [0.2, 0.25) is 5.91 Å². The van der Waals surface area contributed by atoms with Gasteiger partial charge >= 0.3 is 0 Å². The summed E-state index contributed by atoms with van der Waals surface area (Å²) in [7, 11) is 0. The molecule has 0 unspecified atom stereocenters. The molecule has 0 N–H and O–H groups in total. The Kier molecular flexibility index (Phi) is 3.62. The second-order valence-electron chi connectivity index (χ2n) is 2.46. The van der Waals surface area contributed by atoms with E-state index >= 15 is 0 Å². The quantitative estimate of drug-likeness (QED) is 0.547. The number of hydrogen-bond donors (Lipinski definition) is 0. The van der Waals surface area contributed by atoms with Gasteiger partial charge in [0.15, 0.2) is 0 Å². The molecule has 0 saturated heterocycles. The van der Waals surface area contributed by atoms with Crippen molar-refractivity contribution in [3.8, 4) is 0 Å². The van der Waals surface area contributed by atoms with Gasteiger partial charge in [0, 0.05) is 25.2 Å². The van der Waals surface area contributed by atoms with Crippen LogP contribution >= 0.6 is 11.8 Å². The highest BCUT2D eigenvalue weighted by Crippen LogP contribution is 2.01. The van der Waals surface area contributed by atoms with E-state index in [2.05, 4.69) is 0 Å². The first-order valence-corrected chi connectivity index (χ1v) is 3.31. The van der Waals surface area contributed by atoms with Crippen molar-refractivity contribution in [2.24, 2.45) is 5.92 Å². The van der Waals surface area contributed by atoms with Gasteiger partial charge in [-0.3, -0.25) is 9.21 Å². The van der Waals surface area contributed by atoms with Gasteiger partial charge in [-0.15, -0.1) is 0 Å². The lowest BCUT2D eigenvalue weighted by Gasteiger charge is -2.12. The van der Waals surface area contributed by atoms with Crippen molar-refractivity contribution >= 4 is 17.7 Å². The number of nitrogens with zero attached hydrogens (tertiary/aromatic N) is 1. The Hall–Kier alpha value is -0.240. The van der Waals surface area contributed by atoms with Gasteiger partial charge < -0.3 is 0 Å². The molecule has 0 radical (unpaired) electrons. The minimum Gasteiger partial charge on any atom is -0.274 e. The van der Waals surface area contributed by atoms with Gasteiger partial charge in [-0.25, -0.2) is 0 Å². The molecule has 0 saturated carbocycles. The number of halogens is 1. The summed E-state index contributed by atoms with van der Waals surface area (Å²) in [5, 5.41) is 0. The van der Waals surface area contributed by atoms with E-state index in [4.69, 9.17) is 11.8 Å². The summed E-state index contributed by atoms with van der Waals surface area (Å²) in [4.78, 5) is 10.5. The van der Waals surface area contributed by atoms with Gasteiger partial charge in [0.1, 0.15) is 0 Å². The van der Waals surface area contributed by atoms with Gasteiger partial charge in [-0.2, -0.15) is 0 Å². The predicted molar refractivity (Wildman–Crippen MR) is 38.1 cm³/mol. The molecule has 0 bridgehead atoms. The van der Waals surface area contributed by atoms with E-state index in [1.807, 2.05) is 13.8 Å². The van der Waals surface area contributed by atoms with Crippen LogP contribution in [0.5, 0.6) is 0 Å². The largest absolute Gasteiger partial charge is 0.274 e. The molecular formula is C6H12ClNO. The molecule has 3 heteroatoms. The molecule has 0 aromatic rings. The lowest BCUT2D eigenvalue weighted by molar-refractivity contribution is -0.124. The van der Waals surface area contributed by atoms with Crippen molar-refractivity contribution < 1.29 is 4.79 Å². The van der Waals surface area contributed by atoms with Gasteiger partial charge in [0.05, 0.1) is 0 Å². The van der Waals surface area contributed by atoms with Gasteiger partial charge in [-0.05, 0) is 5.92 Å². The molecule has 0 aromatic carbocycles. The zero-order valence-electron chi connectivity index (χ0n) is 6.02. The Bertz CT molecular complexity index is 103. The fourth-order valence-corrected chi connectivity index (χ4v) is 0.725. The zero-order chi connectivity index (χ0) is 7.44. The van der Waals surface area contributed by atoms with Crippen molar-refractivity contribution in [1.82, 2.24) is 4.42 Å². The summed E-state index contributed by atoms with van der Waals surface area (Å²) >= 11 is 5.49. The minimum atomic E-state index is -0.0923. The molecule has 1 amide bonds. The molecule has 2 nitrogen and oxygen atoms in total. The molecule has 0 spiro atoms. The van der Waals surface area contributed by atoms with E-state index < -0.39 is 0 Å². The monoisotopic (exact) mass is 149 g/mol. The summed E-state index contributed by atoms with van der Waals surface area (Å²) in [6.45, 7) is 6.10. The molecule has 9 heavy (non-hydrogen) atoms. The van der Waals surface area contributed by atoms with Crippen molar-refractivity contribution in [2.45, 2.75) is 20.8 Å². The average molecular weight is 150 g/mol. The smallest absolute Gasteiger partial charge is 0.233 e. The van der Waals surface area contributed by atoms with E-state index in [9.17, 15) is 4.79 Å². The molecule has 0 atom stereocenters.